The second-order valence-corrected chi connectivity index (χ2v) is 5.70. The predicted octanol–water partition coefficient (Wildman–Crippen LogP) is 4.33. The molecule has 1 saturated heterocycles. The maximum absolute atomic E-state index is 12.9. The molecular formula is C17H16ClFN2O. The number of carbonyl (C=O) groups excluding carboxylic acids is 1. The van der Waals surface area contributed by atoms with Crippen molar-refractivity contribution in [2.45, 2.75) is 12.8 Å². The minimum atomic E-state index is -0.364. The Morgan fingerprint density at radius 2 is 1.77 bits per heavy atom. The first kappa shape index (κ1) is 14.9. The van der Waals surface area contributed by atoms with E-state index in [1.54, 1.807) is 0 Å². The third kappa shape index (κ3) is 3.07. The van der Waals surface area contributed by atoms with Gasteiger partial charge in [0.05, 0.1) is 16.4 Å². The lowest BCUT2D eigenvalue weighted by molar-refractivity contribution is 0.102. The fourth-order valence-electron chi connectivity index (χ4n) is 2.67. The van der Waals surface area contributed by atoms with E-state index in [0.29, 0.717) is 16.3 Å². The highest BCUT2D eigenvalue weighted by atomic mass is 35.5. The van der Waals surface area contributed by atoms with Gasteiger partial charge in [-0.3, -0.25) is 4.79 Å². The molecule has 1 N–H and O–H groups in total. The van der Waals surface area contributed by atoms with Crippen molar-refractivity contribution in [3.63, 3.8) is 0 Å². The van der Waals surface area contributed by atoms with Crippen LogP contribution in [0.5, 0.6) is 0 Å². The molecule has 0 atom stereocenters. The zero-order valence-corrected chi connectivity index (χ0v) is 12.7. The van der Waals surface area contributed by atoms with Gasteiger partial charge < -0.3 is 10.2 Å². The van der Waals surface area contributed by atoms with Gasteiger partial charge in [0, 0.05) is 18.7 Å². The number of para-hydroxylation sites is 1. The average Bonchev–Trinajstić information content (AvgIpc) is 3.02. The first-order valence-corrected chi connectivity index (χ1v) is 7.63. The van der Waals surface area contributed by atoms with Crippen LogP contribution in [0.1, 0.15) is 23.2 Å². The van der Waals surface area contributed by atoms with Crippen molar-refractivity contribution in [3.8, 4) is 0 Å². The number of benzene rings is 2. The quantitative estimate of drug-likeness (QED) is 0.913. The van der Waals surface area contributed by atoms with Crippen molar-refractivity contribution < 1.29 is 9.18 Å². The van der Waals surface area contributed by atoms with E-state index in [-0.39, 0.29) is 11.7 Å². The molecule has 0 saturated carbocycles. The highest BCUT2D eigenvalue weighted by Gasteiger charge is 2.20. The molecule has 1 aliphatic heterocycles. The minimum Gasteiger partial charge on any atom is -0.369 e. The summed E-state index contributed by atoms with van der Waals surface area (Å²) in [5, 5.41) is 3.50. The van der Waals surface area contributed by atoms with Gasteiger partial charge in [-0.2, -0.15) is 0 Å². The maximum atomic E-state index is 12.9. The highest BCUT2D eigenvalue weighted by molar-refractivity contribution is 6.34. The number of halogens is 2. The van der Waals surface area contributed by atoms with Gasteiger partial charge in [0.15, 0.2) is 0 Å². The van der Waals surface area contributed by atoms with Crippen LogP contribution in [0.4, 0.5) is 15.8 Å². The Morgan fingerprint density at radius 3 is 2.45 bits per heavy atom. The molecule has 3 rings (SSSR count). The Bertz CT molecular complexity index is 682. The van der Waals surface area contributed by atoms with E-state index >= 15 is 0 Å². The standard InChI is InChI=1S/C17H16ClFN2O/c18-14-4-3-5-15(16(14)21-10-1-2-11-21)20-17(22)12-6-8-13(19)9-7-12/h3-9H,1-2,10-11H2,(H,20,22). The minimum absolute atomic E-state index is 0.275. The van der Waals surface area contributed by atoms with Gasteiger partial charge in [0.2, 0.25) is 0 Å². The van der Waals surface area contributed by atoms with Crippen LogP contribution in [0.2, 0.25) is 5.02 Å². The molecule has 114 valence electrons. The lowest BCUT2D eigenvalue weighted by Gasteiger charge is -2.23. The largest absolute Gasteiger partial charge is 0.369 e. The first-order valence-electron chi connectivity index (χ1n) is 7.25. The molecule has 1 fully saturated rings. The second-order valence-electron chi connectivity index (χ2n) is 5.29. The Balaban J connectivity index is 1.87. The van der Waals surface area contributed by atoms with Crippen molar-refractivity contribution in [2.75, 3.05) is 23.3 Å². The molecular weight excluding hydrogens is 303 g/mol. The molecule has 0 unspecified atom stereocenters. The molecule has 2 aromatic rings. The van der Waals surface area contributed by atoms with Crippen molar-refractivity contribution in [2.24, 2.45) is 0 Å². The van der Waals surface area contributed by atoms with E-state index < -0.39 is 0 Å². The highest BCUT2D eigenvalue weighted by Crippen LogP contribution is 2.36. The monoisotopic (exact) mass is 318 g/mol. The number of hydrogen-bond donors (Lipinski definition) is 1. The zero-order chi connectivity index (χ0) is 15.5. The van der Waals surface area contributed by atoms with Gasteiger partial charge in [-0.15, -0.1) is 0 Å². The van der Waals surface area contributed by atoms with Crippen LogP contribution < -0.4 is 10.2 Å². The van der Waals surface area contributed by atoms with E-state index in [4.69, 9.17) is 11.6 Å². The molecule has 3 nitrogen and oxygen atoms in total. The van der Waals surface area contributed by atoms with Crippen molar-refractivity contribution in [3.05, 3.63) is 58.9 Å². The van der Waals surface area contributed by atoms with Gasteiger partial charge >= 0.3 is 0 Å². The summed E-state index contributed by atoms with van der Waals surface area (Å²) in [6.07, 6.45) is 2.24. The average molecular weight is 319 g/mol. The van der Waals surface area contributed by atoms with Crippen molar-refractivity contribution >= 4 is 28.9 Å². The van der Waals surface area contributed by atoms with E-state index in [9.17, 15) is 9.18 Å². The van der Waals surface area contributed by atoms with Crippen LogP contribution in [-0.2, 0) is 0 Å². The summed E-state index contributed by atoms with van der Waals surface area (Å²) < 4.78 is 12.9. The Labute approximate surface area is 133 Å². The topological polar surface area (TPSA) is 32.3 Å². The van der Waals surface area contributed by atoms with Gasteiger partial charge in [-0.1, -0.05) is 17.7 Å². The molecule has 0 radical (unpaired) electrons. The molecule has 1 aliphatic rings. The number of nitrogens with zero attached hydrogens (tertiary/aromatic N) is 1. The summed E-state index contributed by atoms with van der Waals surface area (Å²) in [6.45, 7) is 1.87. The van der Waals surface area contributed by atoms with Crippen LogP contribution in [0.15, 0.2) is 42.5 Å². The molecule has 0 aliphatic carbocycles. The molecule has 1 amide bonds. The normalized spacial score (nSPS) is 14.2. The Morgan fingerprint density at radius 1 is 1.09 bits per heavy atom. The number of amides is 1. The molecule has 22 heavy (non-hydrogen) atoms. The van der Waals surface area contributed by atoms with Gasteiger partial charge in [0.1, 0.15) is 5.82 Å². The number of rotatable bonds is 3. The van der Waals surface area contributed by atoms with E-state index in [0.717, 1.165) is 31.6 Å². The van der Waals surface area contributed by atoms with Crippen LogP contribution in [0.3, 0.4) is 0 Å². The zero-order valence-electron chi connectivity index (χ0n) is 12.0. The summed E-state index contributed by atoms with van der Waals surface area (Å²) in [5.41, 5.74) is 1.95. The molecule has 0 bridgehead atoms. The van der Waals surface area contributed by atoms with Crippen molar-refractivity contribution in [1.82, 2.24) is 0 Å². The fourth-order valence-corrected chi connectivity index (χ4v) is 2.97. The lowest BCUT2D eigenvalue weighted by Crippen LogP contribution is -2.21. The SMILES string of the molecule is O=C(Nc1cccc(Cl)c1N1CCCC1)c1ccc(F)cc1. The second kappa shape index (κ2) is 6.36. The number of hydrogen-bond acceptors (Lipinski definition) is 2. The van der Waals surface area contributed by atoms with E-state index in [1.165, 1.54) is 24.3 Å². The molecule has 1 heterocycles. The van der Waals surface area contributed by atoms with E-state index in [1.807, 2.05) is 18.2 Å². The predicted molar refractivity (Wildman–Crippen MR) is 87.3 cm³/mol. The summed E-state index contributed by atoms with van der Waals surface area (Å²) in [4.78, 5) is 14.5. The number of nitrogens with one attached hydrogen (secondary N) is 1. The molecule has 0 aromatic heterocycles. The van der Waals surface area contributed by atoms with Crippen LogP contribution in [-0.4, -0.2) is 19.0 Å². The van der Waals surface area contributed by atoms with Gasteiger partial charge in [-0.05, 0) is 49.2 Å². The summed E-state index contributed by atoms with van der Waals surface area (Å²) in [7, 11) is 0. The Hall–Kier alpha value is -2.07. The fraction of sp³-hybridized carbons (Fsp3) is 0.235. The number of carbonyl (C=O) groups is 1. The van der Waals surface area contributed by atoms with Gasteiger partial charge in [-0.25, -0.2) is 4.39 Å². The van der Waals surface area contributed by atoms with Crippen LogP contribution >= 0.6 is 11.6 Å². The molecule has 0 spiro atoms. The van der Waals surface area contributed by atoms with Gasteiger partial charge in [0.25, 0.3) is 5.91 Å². The first-order chi connectivity index (χ1) is 10.6. The van der Waals surface area contributed by atoms with Crippen LogP contribution in [0.25, 0.3) is 0 Å². The number of anilines is 2. The van der Waals surface area contributed by atoms with E-state index in [2.05, 4.69) is 10.2 Å². The van der Waals surface area contributed by atoms with Crippen LogP contribution in [0, 0.1) is 5.82 Å². The van der Waals surface area contributed by atoms with Crippen molar-refractivity contribution in [1.29, 1.82) is 0 Å². The summed E-state index contributed by atoms with van der Waals surface area (Å²) >= 11 is 6.32. The smallest absolute Gasteiger partial charge is 0.255 e. The molecule has 2 aromatic carbocycles. The third-order valence-electron chi connectivity index (χ3n) is 3.76. The maximum Gasteiger partial charge on any atom is 0.255 e. The lowest BCUT2D eigenvalue weighted by atomic mass is 10.2. The Kier molecular flexibility index (Phi) is 4.29. The molecule has 5 heteroatoms. The summed E-state index contributed by atoms with van der Waals surface area (Å²) in [5.74, 6) is -0.639. The third-order valence-corrected chi connectivity index (χ3v) is 4.07. The summed E-state index contributed by atoms with van der Waals surface area (Å²) in [6, 6.07) is 10.9.